The lowest BCUT2D eigenvalue weighted by molar-refractivity contribution is -0.119. The van der Waals surface area contributed by atoms with E-state index in [4.69, 9.17) is 22.1 Å². The molecule has 0 bridgehead atoms. The quantitative estimate of drug-likeness (QED) is 0.784. The van der Waals surface area contributed by atoms with Crippen molar-refractivity contribution in [1.29, 1.82) is 0 Å². The Morgan fingerprint density at radius 1 is 1.30 bits per heavy atom. The number of hydrogen-bond acceptors (Lipinski definition) is 3. The van der Waals surface area contributed by atoms with Gasteiger partial charge in [0, 0.05) is 13.1 Å². The van der Waals surface area contributed by atoms with Crippen molar-refractivity contribution < 1.29 is 13.9 Å². The second kappa shape index (κ2) is 8.72. The zero-order valence-corrected chi connectivity index (χ0v) is 16.1. The van der Waals surface area contributed by atoms with Crippen LogP contribution in [0.15, 0.2) is 36.4 Å². The first-order chi connectivity index (χ1) is 12.9. The predicted molar refractivity (Wildman–Crippen MR) is 104 cm³/mol. The number of aryl methyl sites for hydroxylation is 1. The van der Waals surface area contributed by atoms with Gasteiger partial charge in [-0.1, -0.05) is 29.8 Å². The first-order valence-corrected chi connectivity index (χ1v) is 9.45. The molecule has 1 aliphatic rings. The van der Waals surface area contributed by atoms with Crippen LogP contribution in [0.5, 0.6) is 5.75 Å². The summed E-state index contributed by atoms with van der Waals surface area (Å²) in [6.45, 7) is 4.39. The van der Waals surface area contributed by atoms with Gasteiger partial charge < -0.3 is 10.5 Å². The van der Waals surface area contributed by atoms with E-state index >= 15 is 0 Å². The maximum absolute atomic E-state index is 13.7. The third kappa shape index (κ3) is 5.44. The number of benzene rings is 2. The van der Waals surface area contributed by atoms with Crippen molar-refractivity contribution in [2.75, 3.05) is 19.7 Å². The average Bonchev–Trinajstić information content (AvgIpc) is 3.04. The van der Waals surface area contributed by atoms with Crippen molar-refractivity contribution >= 4 is 17.5 Å². The largest absolute Gasteiger partial charge is 0.482 e. The summed E-state index contributed by atoms with van der Waals surface area (Å²) in [5, 5.41) is 0.472. The van der Waals surface area contributed by atoms with Gasteiger partial charge in [0.2, 0.25) is 0 Å². The molecule has 4 nitrogen and oxygen atoms in total. The molecular formula is C21H24ClFN2O2. The molecule has 0 aromatic heterocycles. The van der Waals surface area contributed by atoms with Crippen LogP contribution in [-0.2, 0) is 17.8 Å². The van der Waals surface area contributed by atoms with Crippen LogP contribution in [0.1, 0.15) is 23.1 Å². The van der Waals surface area contributed by atoms with Gasteiger partial charge in [0.15, 0.2) is 6.61 Å². The van der Waals surface area contributed by atoms with Crippen LogP contribution in [-0.4, -0.2) is 30.5 Å². The van der Waals surface area contributed by atoms with Crippen molar-refractivity contribution in [2.24, 2.45) is 11.7 Å². The standard InChI is InChI=1S/C21H24ClFN2O2/c1-14-2-3-15(10-19(14)23)8-17-6-7-25(12-17)11-16-4-5-20(18(22)9-16)27-13-21(24)26/h2-5,9-10,17H,6-8,11-13H2,1H3,(H2,24,26). The van der Waals surface area contributed by atoms with Crippen molar-refractivity contribution in [1.82, 2.24) is 4.90 Å². The minimum atomic E-state index is -0.535. The minimum Gasteiger partial charge on any atom is -0.482 e. The highest BCUT2D eigenvalue weighted by Crippen LogP contribution is 2.28. The summed E-state index contributed by atoms with van der Waals surface area (Å²) in [6, 6.07) is 11.1. The van der Waals surface area contributed by atoms with Crippen molar-refractivity contribution in [3.8, 4) is 5.75 Å². The van der Waals surface area contributed by atoms with Crippen LogP contribution in [0, 0.1) is 18.7 Å². The summed E-state index contributed by atoms with van der Waals surface area (Å²) >= 11 is 6.23. The molecule has 27 heavy (non-hydrogen) atoms. The van der Waals surface area contributed by atoms with Crippen LogP contribution in [0.2, 0.25) is 5.02 Å². The smallest absolute Gasteiger partial charge is 0.255 e. The molecule has 1 unspecified atom stereocenters. The maximum atomic E-state index is 13.7. The van der Waals surface area contributed by atoms with Gasteiger partial charge in [-0.15, -0.1) is 0 Å². The Hall–Kier alpha value is -2.11. The van der Waals surface area contributed by atoms with E-state index in [1.165, 1.54) is 0 Å². The highest BCUT2D eigenvalue weighted by atomic mass is 35.5. The number of halogens is 2. The second-order valence-corrected chi connectivity index (χ2v) is 7.60. The summed E-state index contributed by atoms with van der Waals surface area (Å²) in [5.41, 5.74) is 7.92. The van der Waals surface area contributed by atoms with Crippen LogP contribution >= 0.6 is 11.6 Å². The normalized spacial score (nSPS) is 17.2. The summed E-state index contributed by atoms with van der Waals surface area (Å²) in [5.74, 6) is 0.322. The van der Waals surface area contributed by atoms with E-state index in [9.17, 15) is 9.18 Å². The van der Waals surface area contributed by atoms with E-state index < -0.39 is 5.91 Å². The highest BCUT2D eigenvalue weighted by Gasteiger charge is 2.23. The summed E-state index contributed by atoms with van der Waals surface area (Å²) < 4.78 is 19.0. The van der Waals surface area contributed by atoms with Gasteiger partial charge in [0.1, 0.15) is 11.6 Å². The van der Waals surface area contributed by atoms with E-state index in [1.807, 2.05) is 24.3 Å². The lowest BCUT2D eigenvalue weighted by atomic mass is 9.98. The molecule has 0 spiro atoms. The SMILES string of the molecule is Cc1ccc(CC2CCN(Cc3ccc(OCC(N)=O)c(Cl)c3)C2)cc1F. The number of primary amides is 1. The zero-order valence-electron chi connectivity index (χ0n) is 15.4. The fourth-order valence-corrected chi connectivity index (χ4v) is 3.74. The maximum Gasteiger partial charge on any atom is 0.255 e. The molecule has 1 atom stereocenters. The van der Waals surface area contributed by atoms with Gasteiger partial charge in [-0.3, -0.25) is 9.69 Å². The van der Waals surface area contributed by atoms with E-state index in [0.717, 1.165) is 43.6 Å². The molecule has 2 N–H and O–H groups in total. The fraction of sp³-hybridized carbons (Fsp3) is 0.381. The van der Waals surface area contributed by atoms with E-state index in [0.29, 0.717) is 22.3 Å². The Morgan fingerprint density at radius 3 is 2.78 bits per heavy atom. The Bertz CT molecular complexity index is 828. The molecule has 1 saturated heterocycles. The topological polar surface area (TPSA) is 55.6 Å². The third-order valence-electron chi connectivity index (χ3n) is 4.90. The number of hydrogen-bond donors (Lipinski definition) is 1. The van der Waals surface area contributed by atoms with Crippen LogP contribution in [0.25, 0.3) is 0 Å². The van der Waals surface area contributed by atoms with E-state index in [-0.39, 0.29) is 12.4 Å². The molecule has 6 heteroatoms. The van der Waals surface area contributed by atoms with Gasteiger partial charge in [-0.05, 0) is 67.1 Å². The molecule has 1 heterocycles. The molecule has 1 aliphatic heterocycles. The Morgan fingerprint density at radius 2 is 2.07 bits per heavy atom. The van der Waals surface area contributed by atoms with Gasteiger partial charge in [-0.25, -0.2) is 4.39 Å². The predicted octanol–water partition coefficient (Wildman–Crippen LogP) is 3.72. The molecule has 0 radical (unpaired) electrons. The van der Waals surface area contributed by atoms with Crippen LogP contribution in [0.3, 0.4) is 0 Å². The van der Waals surface area contributed by atoms with Gasteiger partial charge >= 0.3 is 0 Å². The number of likely N-dealkylation sites (tertiary alicyclic amines) is 1. The highest BCUT2D eigenvalue weighted by molar-refractivity contribution is 6.32. The first kappa shape index (κ1) is 19.6. The average molecular weight is 391 g/mol. The molecule has 1 fully saturated rings. The lowest BCUT2D eigenvalue weighted by Gasteiger charge is -2.17. The zero-order chi connectivity index (χ0) is 19.4. The summed E-state index contributed by atoms with van der Waals surface area (Å²) in [7, 11) is 0. The Labute approximate surface area is 164 Å². The first-order valence-electron chi connectivity index (χ1n) is 9.07. The van der Waals surface area contributed by atoms with Gasteiger partial charge in [0.25, 0.3) is 5.91 Å². The van der Waals surface area contributed by atoms with E-state index in [2.05, 4.69) is 4.90 Å². The Kier molecular flexibility index (Phi) is 6.34. The van der Waals surface area contributed by atoms with Crippen molar-refractivity contribution in [2.45, 2.75) is 26.3 Å². The molecule has 3 rings (SSSR count). The molecule has 1 amide bonds. The third-order valence-corrected chi connectivity index (χ3v) is 5.20. The number of nitrogens with zero attached hydrogens (tertiary/aromatic N) is 1. The molecule has 2 aromatic rings. The number of amides is 1. The van der Waals surface area contributed by atoms with E-state index in [1.54, 1.807) is 19.1 Å². The van der Waals surface area contributed by atoms with Crippen LogP contribution in [0.4, 0.5) is 4.39 Å². The van der Waals surface area contributed by atoms with Gasteiger partial charge in [-0.2, -0.15) is 0 Å². The number of carbonyl (C=O) groups is 1. The molecule has 2 aromatic carbocycles. The number of carbonyl (C=O) groups excluding carboxylic acids is 1. The molecule has 144 valence electrons. The molecule has 0 aliphatic carbocycles. The summed E-state index contributed by atoms with van der Waals surface area (Å²) in [6.07, 6.45) is 2.00. The fourth-order valence-electron chi connectivity index (χ4n) is 3.49. The molecule has 0 saturated carbocycles. The number of rotatable bonds is 7. The monoisotopic (exact) mass is 390 g/mol. The number of nitrogens with two attached hydrogens (primary N) is 1. The minimum absolute atomic E-state index is 0.129. The van der Waals surface area contributed by atoms with Crippen molar-refractivity contribution in [3.05, 3.63) is 63.9 Å². The Balaban J connectivity index is 1.54. The second-order valence-electron chi connectivity index (χ2n) is 7.20. The molecular weight excluding hydrogens is 367 g/mol. The number of ether oxygens (including phenoxy) is 1. The van der Waals surface area contributed by atoms with Crippen molar-refractivity contribution in [3.63, 3.8) is 0 Å². The lowest BCUT2D eigenvalue weighted by Crippen LogP contribution is -2.21. The van der Waals surface area contributed by atoms with Crippen LogP contribution < -0.4 is 10.5 Å². The van der Waals surface area contributed by atoms with Gasteiger partial charge in [0.05, 0.1) is 5.02 Å². The summed E-state index contributed by atoms with van der Waals surface area (Å²) in [4.78, 5) is 13.2.